The number of halogens is 1. The van der Waals surface area contributed by atoms with Crippen LogP contribution in [-0.4, -0.2) is 16.7 Å². The Morgan fingerprint density at radius 1 is 1.17 bits per heavy atom. The van der Waals surface area contributed by atoms with Crippen LogP contribution in [-0.2, 0) is 13.6 Å². The van der Waals surface area contributed by atoms with E-state index in [1.807, 2.05) is 66.3 Å². The average molecular weight is 328 g/mol. The van der Waals surface area contributed by atoms with Crippen LogP contribution in [0.3, 0.4) is 0 Å². The maximum atomic E-state index is 6.01. The summed E-state index contributed by atoms with van der Waals surface area (Å²) >= 11 is 6.01. The normalized spacial score (nSPS) is 10.6. The number of rotatable bonds is 5. The molecule has 0 aliphatic rings. The number of methoxy groups -OCH3 is 1. The Morgan fingerprint density at radius 3 is 2.65 bits per heavy atom. The molecule has 0 saturated carbocycles. The Labute approximate surface area is 140 Å². The summed E-state index contributed by atoms with van der Waals surface area (Å²) in [5.74, 6) is 1.66. The van der Waals surface area contributed by atoms with Crippen LogP contribution in [0.25, 0.3) is 11.3 Å². The van der Waals surface area contributed by atoms with Crippen molar-refractivity contribution in [3.8, 4) is 17.0 Å². The summed E-state index contributed by atoms with van der Waals surface area (Å²) in [5, 5.41) is 4.08. The fraction of sp³-hybridized carbons (Fsp3) is 0.167. The number of hydrogen-bond donors (Lipinski definition) is 1. The first-order valence-corrected chi connectivity index (χ1v) is 7.69. The molecule has 0 radical (unpaired) electrons. The van der Waals surface area contributed by atoms with Gasteiger partial charge in [0, 0.05) is 24.2 Å². The van der Waals surface area contributed by atoms with E-state index in [4.69, 9.17) is 16.3 Å². The summed E-state index contributed by atoms with van der Waals surface area (Å²) in [5.41, 5.74) is 3.25. The first-order valence-electron chi connectivity index (χ1n) is 7.32. The Bertz CT molecular complexity index is 796. The molecule has 0 bridgehead atoms. The maximum Gasteiger partial charge on any atom is 0.203 e. The van der Waals surface area contributed by atoms with E-state index in [2.05, 4.69) is 10.3 Å². The molecule has 1 aromatic heterocycles. The molecule has 0 atom stereocenters. The van der Waals surface area contributed by atoms with E-state index in [1.165, 1.54) is 0 Å². The van der Waals surface area contributed by atoms with Gasteiger partial charge in [0.1, 0.15) is 5.75 Å². The quantitative estimate of drug-likeness (QED) is 0.756. The van der Waals surface area contributed by atoms with Crippen LogP contribution in [0.5, 0.6) is 5.75 Å². The number of aromatic nitrogens is 2. The van der Waals surface area contributed by atoms with Crippen molar-refractivity contribution in [3.05, 3.63) is 65.3 Å². The summed E-state index contributed by atoms with van der Waals surface area (Å²) in [6, 6.07) is 15.7. The molecule has 0 aliphatic carbocycles. The molecule has 0 fully saturated rings. The Kier molecular flexibility index (Phi) is 4.53. The number of imidazole rings is 1. The molecule has 0 saturated heterocycles. The van der Waals surface area contributed by atoms with Gasteiger partial charge >= 0.3 is 0 Å². The first kappa shape index (κ1) is 15.4. The Balaban J connectivity index is 1.76. The van der Waals surface area contributed by atoms with Gasteiger partial charge in [0.2, 0.25) is 5.95 Å². The van der Waals surface area contributed by atoms with Gasteiger partial charge in [0.25, 0.3) is 0 Å². The number of nitrogens with zero attached hydrogens (tertiary/aromatic N) is 2. The lowest BCUT2D eigenvalue weighted by molar-refractivity contribution is 0.415. The van der Waals surface area contributed by atoms with Gasteiger partial charge in [-0.2, -0.15) is 0 Å². The van der Waals surface area contributed by atoms with E-state index >= 15 is 0 Å². The number of nitrogens with one attached hydrogen (secondary N) is 1. The van der Waals surface area contributed by atoms with Crippen LogP contribution >= 0.6 is 11.6 Å². The molecule has 4 nitrogen and oxygen atoms in total. The third-order valence-corrected chi connectivity index (χ3v) is 3.95. The van der Waals surface area contributed by atoms with Gasteiger partial charge < -0.3 is 14.6 Å². The monoisotopic (exact) mass is 327 g/mol. The van der Waals surface area contributed by atoms with Crippen LogP contribution in [0.1, 0.15) is 5.56 Å². The molecule has 0 aliphatic heterocycles. The minimum atomic E-state index is 0.674. The van der Waals surface area contributed by atoms with E-state index in [0.29, 0.717) is 6.54 Å². The van der Waals surface area contributed by atoms with Crippen LogP contribution in [0.15, 0.2) is 54.7 Å². The van der Waals surface area contributed by atoms with E-state index < -0.39 is 0 Å². The van der Waals surface area contributed by atoms with Gasteiger partial charge in [-0.25, -0.2) is 4.98 Å². The fourth-order valence-electron chi connectivity index (χ4n) is 2.43. The predicted octanol–water partition coefficient (Wildman–Crippen LogP) is 4.36. The molecular formula is C18H18ClN3O. The lowest BCUT2D eigenvalue weighted by Crippen LogP contribution is -2.05. The molecule has 0 unspecified atom stereocenters. The smallest absolute Gasteiger partial charge is 0.203 e. The first-order chi connectivity index (χ1) is 11.2. The van der Waals surface area contributed by atoms with E-state index in [1.54, 1.807) is 7.11 Å². The lowest BCUT2D eigenvalue weighted by Gasteiger charge is -2.09. The third-order valence-electron chi connectivity index (χ3n) is 3.71. The number of benzene rings is 2. The zero-order valence-corrected chi connectivity index (χ0v) is 13.8. The van der Waals surface area contributed by atoms with Crippen molar-refractivity contribution < 1.29 is 4.74 Å². The van der Waals surface area contributed by atoms with Gasteiger partial charge in [-0.05, 0) is 42.0 Å². The highest BCUT2D eigenvalue weighted by atomic mass is 35.5. The highest BCUT2D eigenvalue weighted by molar-refractivity contribution is 6.30. The number of hydrogen-bond acceptors (Lipinski definition) is 3. The second-order valence-corrected chi connectivity index (χ2v) is 5.67. The lowest BCUT2D eigenvalue weighted by atomic mass is 10.1. The number of ether oxygens (including phenoxy) is 1. The summed E-state index contributed by atoms with van der Waals surface area (Å²) < 4.78 is 7.23. The molecule has 0 spiro atoms. The third kappa shape index (κ3) is 3.48. The maximum absolute atomic E-state index is 6.01. The molecule has 1 heterocycles. The van der Waals surface area contributed by atoms with Crippen molar-refractivity contribution in [1.29, 1.82) is 0 Å². The highest BCUT2D eigenvalue weighted by Gasteiger charge is 2.08. The zero-order valence-electron chi connectivity index (χ0n) is 13.1. The largest absolute Gasteiger partial charge is 0.497 e. The predicted molar refractivity (Wildman–Crippen MR) is 94.0 cm³/mol. The second-order valence-electron chi connectivity index (χ2n) is 5.24. The molecule has 0 amide bonds. The van der Waals surface area contributed by atoms with Crippen molar-refractivity contribution in [3.63, 3.8) is 0 Å². The van der Waals surface area contributed by atoms with Crippen LogP contribution in [0.4, 0.5) is 5.95 Å². The molecule has 2 aromatic carbocycles. The van der Waals surface area contributed by atoms with Gasteiger partial charge in [-0.3, -0.25) is 0 Å². The van der Waals surface area contributed by atoms with Crippen molar-refractivity contribution in [2.75, 3.05) is 12.4 Å². The van der Waals surface area contributed by atoms with Crippen molar-refractivity contribution in [2.45, 2.75) is 6.54 Å². The zero-order chi connectivity index (χ0) is 16.2. The summed E-state index contributed by atoms with van der Waals surface area (Å²) in [6.07, 6.45) is 1.86. The van der Waals surface area contributed by atoms with Crippen LogP contribution in [0.2, 0.25) is 5.02 Å². The van der Waals surface area contributed by atoms with Gasteiger partial charge in [0.15, 0.2) is 0 Å². The minimum Gasteiger partial charge on any atom is -0.497 e. The standard InChI is InChI=1S/C18H18ClN3O/c1-22-17(14-6-8-16(23-2)9-7-14)12-21-18(22)20-11-13-4-3-5-15(19)10-13/h3-10,12H,11H2,1-2H3,(H,20,21). The SMILES string of the molecule is COc1ccc(-c2cnc(NCc3cccc(Cl)c3)n2C)cc1. The minimum absolute atomic E-state index is 0.674. The number of anilines is 1. The average Bonchev–Trinajstić information content (AvgIpc) is 2.94. The molecule has 5 heteroatoms. The summed E-state index contributed by atoms with van der Waals surface area (Å²) in [7, 11) is 3.66. The molecule has 3 aromatic rings. The highest BCUT2D eigenvalue weighted by Crippen LogP contribution is 2.24. The molecule has 118 valence electrons. The fourth-order valence-corrected chi connectivity index (χ4v) is 2.64. The van der Waals surface area contributed by atoms with Crippen molar-refractivity contribution >= 4 is 17.5 Å². The van der Waals surface area contributed by atoms with E-state index in [9.17, 15) is 0 Å². The van der Waals surface area contributed by atoms with Gasteiger partial charge in [-0.1, -0.05) is 23.7 Å². The van der Waals surface area contributed by atoms with E-state index in [0.717, 1.165) is 33.5 Å². The summed E-state index contributed by atoms with van der Waals surface area (Å²) in [6.45, 7) is 0.674. The van der Waals surface area contributed by atoms with Gasteiger partial charge in [-0.15, -0.1) is 0 Å². The Morgan fingerprint density at radius 2 is 1.96 bits per heavy atom. The molecule has 3 rings (SSSR count). The summed E-state index contributed by atoms with van der Waals surface area (Å²) in [4.78, 5) is 4.46. The molecule has 23 heavy (non-hydrogen) atoms. The van der Waals surface area contributed by atoms with Crippen molar-refractivity contribution in [1.82, 2.24) is 9.55 Å². The topological polar surface area (TPSA) is 39.1 Å². The van der Waals surface area contributed by atoms with Gasteiger partial charge in [0.05, 0.1) is 19.0 Å². The van der Waals surface area contributed by atoms with Crippen LogP contribution < -0.4 is 10.1 Å². The van der Waals surface area contributed by atoms with E-state index in [-0.39, 0.29) is 0 Å². The van der Waals surface area contributed by atoms with Crippen molar-refractivity contribution in [2.24, 2.45) is 7.05 Å². The van der Waals surface area contributed by atoms with Crippen LogP contribution in [0, 0.1) is 0 Å². The second kappa shape index (κ2) is 6.75. The molecular weight excluding hydrogens is 310 g/mol. The Hall–Kier alpha value is -2.46. The molecule has 1 N–H and O–H groups in total.